The lowest BCUT2D eigenvalue weighted by Crippen LogP contribution is -2.44. The fourth-order valence-electron chi connectivity index (χ4n) is 2.16. The van der Waals surface area contributed by atoms with Gasteiger partial charge in [0.25, 0.3) is 5.91 Å². The van der Waals surface area contributed by atoms with Crippen LogP contribution >= 0.6 is 0 Å². The summed E-state index contributed by atoms with van der Waals surface area (Å²) in [5, 5.41) is 5.74. The molecule has 0 saturated heterocycles. The van der Waals surface area contributed by atoms with Crippen LogP contribution in [0.5, 0.6) is 0 Å². The number of rotatable bonds is 6. The number of nitrogens with zero attached hydrogens (tertiary/aromatic N) is 1. The van der Waals surface area contributed by atoms with Crippen molar-refractivity contribution >= 4 is 12.1 Å². The van der Waals surface area contributed by atoms with Gasteiger partial charge in [0.1, 0.15) is 11.6 Å². The van der Waals surface area contributed by atoms with E-state index in [1.54, 1.807) is 24.4 Å². The van der Waals surface area contributed by atoms with Crippen molar-refractivity contribution in [2.45, 2.75) is 25.8 Å². The molecule has 0 saturated carbocycles. The van der Waals surface area contributed by atoms with Gasteiger partial charge in [-0.1, -0.05) is 25.6 Å². The molecule has 0 aliphatic carbocycles. The summed E-state index contributed by atoms with van der Waals surface area (Å²) in [5.74, 6) is 0.293. The highest BCUT2D eigenvalue weighted by Gasteiger charge is 2.26. The van der Waals surface area contributed by atoms with Crippen LogP contribution < -0.4 is 10.6 Å². The maximum Gasteiger partial charge on any atom is 0.258 e. The van der Waals surface area contributed by atoms with E-state index in [0.29, 0.717) is 18.1 Å². The summed E-state index contributed by atoms with van der Waals surface area (Å²) in [6, 6.07) is 6.11. The number of aliphatic imine (C=N–C) groups is 1. The molecule has 2 N–H and O–H groups in total. The lowest BCUT2D eigenvalue weighted by atomic mass is 9.89. The Balaban J connectivity index is 1.96. The number of allylic oxidation sites excluding steroid dienone is 1. The molecule has 23 heavy (non-hydrogen) atoms. The average Bonchev–Trinajstić information content (AvgIpc) is 2.53. The third kappa shape index (κ3) is 4.42. The van der Waals surface area contributed by atoms with Crippen molar-refractivity contribution in [3.8, 4) is 0 Å². The van der Waals surface area contributed by atoms with Crippen molar-refractivity contribution < 1.29 is 13.9 Å². The third-order valence-electron chi connectivity index (χ3n) is 3.69. The van der Waals surface area contributed by atoms with E-state index in [0.717, 1.165) is 5.56 Å². The molecule has 1 aromatic rings. The smallest absolute Gasteiger partial charge is 0.258 e. The fourth-order valence-corrected chi connectivity index (χ4v) is 2.16. The highest BCUT2D eigenvalue weighted by atomic mass is 19.1. The molecule has 0 aromatic heterocycles. The zero-order valence-electron chi connectivity index (χ0n) is 13.2. The first-order valence-electron chi connectivity index (χ1n) is 7.33. The van der Waals surface area contributed by atoms with Gasteiger partial charge in [-0.25, -0.2) is 9.38 Å². The SMILES string of the molecule is C=C1N=CC=C(OCC(=O)NC(C)(CC)c2ccc(F)cc2)N1. The standard InChI is InChI=1S/C17H20FN3O2/c1-4-17(3,13-5-7-14(18)8-6-13)21-15(22)11-23-16-9-10-19-12(2)20-16/h5-10,20H,2,4,11H2,1,3H3,(H,21,22). The summed E-state index contributed by atoms with van der Waals surface area (Å²) in [4.78, 5) is 16.1. The van der Waals surface area contributed by atoms with E-state index < -0.39 is 5.54 Å². The van der Waals surface area contributed by atoms with Crippen LogP contribution in [-0.4, -0.2) is 18.7 Å². The minimum Gasteiger partial charge on any atom is -0.469 e. The van der Waals surface area contributed by atoms with Crippen molar-refractivity contribution in [3.05, 3.63) is 60.0 Å². The molecule has 1 aromatic carbocycles. The van der Waals surface area contributed by atoms with Crippen LogP contribution in [-0.2, 0) is 15.1 Å². The van der Waals surface area contributed by atoms with Gasteiger partial charge in [-0.05, 0) is 31.0 Å². The van der Waals surface area contributed by atoms with Crippen LogP contribution in [0.4, 0.5) is 4.39 Å². The normalized spacial score (nSPS) is 16.1. The van der Waals surface area contributed by atoms with Gasteiger partial charge in [-0.2, -0.15) is 0 Å². The molecule has 1 unspecified atom stereocenters. The predicted molar refractivity (Wildman–Crippen MR) is 87.0 cm³/mol. The van der Waals surface area contributed by atoms with E-state index in [4.69, 9.17) is 4.74 Å². The molecule has 0 bridgehead atoms. The lowest BCUT2D eigenvalue weighted by Gasteiger charge is -2.30. The molecular weight excluding hydrogens is 297 g/mol. The lowest BCUT2D eigenvalue weighted by molar-refractivity contribution is -0.126. The van der Waals surface area contributed by atoms with E-state index in [9.17, 15) is 9.18 Å². The molecule has 5 nitrogen and oxygen atoms in total. The van der Waals surface area contributed by atoms with E-state index in [1.807, 2.05) is 13.8 Å². The summed E-state index contributed by atoms with van der Waals surface area (Å²) in [7, 11) is 0. The summed E-state index contributed by atoms with van der Waals surface area (Å²) in [5.41, 5.74) is 0.249. The Morgan fingerprint density at radius 1 is 1.43 bits per heavy atom. The zero-order chi connectivity index (χ0) is 16.9. The second-order valence-electron chi connectivity index (χ2n) is 5.41. The Morgan fingerprint density at radius 2 is 2.13 bits per heavy atom. The van der Waals surface area contributed by atoms with Crippen LogP contribution in [0.3, 0.4) is 0 Å². The molecule has 0 fully saturated rings. The van der Waals surface area contributed by atoms with Crippen LogP contribution in [0.2, 0.25) is 0 Å². The Labute approximate surface area is 134 Å². The summed E-state index contributed by atoms with van der Waals surface area (Å²) >= 11 is 0. The molecule has 6 heteroatoms. The Kier molecular flexibility index (Phi) is 5.16. The van der Waals surface area contributed by atoms with Crippen molar-refractivity contribution in [3.63, 3.8) is 0 Å². The molecule has 1 amide bonds. The van der Waals surface area contributed by atoms with Gasteiger partial charge in [0.2, 0.25) is 0 Å². The van der Waals surface area contributed by atoms with E-state index >= 15 is 0 Å². The topological polar surface area (TPSA) is 62.7 Å². The summed E-state index contributed by atoms with van der Waals surface area (Å²) in [6.07, 6.45) is 3.82. The molecule has 0 radical (unpaired) electrons. The fraction of sp³-hybridized carbons (Fsp3) is 0.294. The van der Waals surface area contributed by atoms with Crippen LogP contribution in [0, 0.1) is 5.82 Å². The number of amides is 1. The van der Waals surface area contributed by atoms with Gasteiger partial charge in [0, 0.05) is 12.3 Å². The highest BCUT2D eigenvalue weighted by molar-refractivity contribution is 5.79. The number of carbonyl (C=O) groups excluding carboxylic acids is 1. The van der Waals surface area contributed by atoms with Crippen LogP contribution in [0.15, 0.2) is 53.6 Å². The minimum atomic E-state index is -0.590. The monoisotopic (exact) mass is 317 g/mol. The minimum absolute atomic E-state index is 0.142. The van der Waals surface area contributed by atoms with Gasteiger partial charge in [0.15, 0.2) is 12.5 Å². The second kappa shape index (κ2) is 7.09. The molecule has 1 heterocycles. The second-order valence-corrected chi connectivity index (χ2v) is 5.41. The maximum absolute atomic E-state index is 13.1. The van der Waals surface area contributed by atoms with Gasteiger partial charge in [-0.15, -0.1) is 0 Å². The Hall–Kier alpha value is -2.63. The molecule has 1 aliphatic rings. The molecule has 2 rings (SSSR count). The largest absolute Gasteiger partial charge is 0.469 e. The van der Waals surface area contributed by atoms with Crippen molar-refractivity contribution in [1.29, 1.82) is 0 Å². The van der Waals surface area contributed by atoms with Gasteiger partial charge < -0.3 is 15.4 Å². The number of ether oxygens (including phenoxy) is 1. The van der Waals surface area contributed by atoms with Crippen LogP contribution in [0.1, 0.15) is 25.8 Å². The van der Waals surface area contributed by atoms with E-state index in [2.05, 4.69) is 22.2 Å². The van der Waals surface area contributed by atoms with Gasteiger partial charge >= 0.3 is 0 Å². The number of carbonyl (C=O) groups is 1. The van der Waals surface area contributed by atoms with E-state index in [-0.39, 0.29) is 18.3 Å². The zero-order valence-corrected chi connectivity index (χ0v) is 13.2. The number of hydrogen-bond acceptors (Lipinski definition) is 4. The first-order chi connectivity index (χ1) is 10.9. The van der Waals surface area contributed by atoms with Gasteiger partial charge in [0.05, 0.1) is 5.54 Å². The van der Waals surface area contributed by atoms with Gasteiger partial charge in [-0.3, -0.25) is 4.79 Å². The number of hydrogen-bond donors (Lipinski definition) is 2. The van der Waals surface area contributed by atoms with Crippen molar-refractivity contribution in [2.24, 2.45) is 4.99 Å². The Morgan fingerprint density at radius 3 is 2.74 bits per heavy atom. The Bertz CT molecular complexity index is 652. The molecule has 0 spiro atoms. The maximum atomic E-state index is 13.1. The molecule has 1 atom stereocenters. The van der Waals surface area contributed by atoms with E-state index in [1.165, 1.54) is 12.1 Å². The number of benzene rings is 1. The summed E-state index contributed by atoms with van der Waals surface area (Å²) < 4.78 is 18.4. The number of halogens is 1. The average molecular weight is 317 g/mol. The molecular formula is C17H20FN3O2. The first-order valence-corrected chi connectivity index (χ1v) is 7.33. The highest BCUT2D eigenvalue weighted by Crippen LogP contribution is 2.24. The molecule has 1 aliphatic heterocycles. The first kappa shape index (κ1) is 16.7. The predicted octanol–water partition coefficient (Wildman–Crippen LogP) is 2.57. The third-order valence-corrected chi connectivity index (χ3v) is 3.69. The summed E-state index contributed by atoms with van der Waals surface area (Å²) in [6.45, 7) is 7.36. The number of nitrogens with one attached hydrogen (secondary N) is 2. The van der Waals surface area contributed by atoms with Crippen molar-refractivity contribution in [1.82, 2.24) is 10.6 Å². The quantitative estimate of drug-likeness (QED) is 0.847. The molecule has 122 valence electrons. The van der Waals surface area contributed by atoms with Crippen molar-refractivity contribution in [2.75, 3.05) is 6.61 Å². The van der Waals surface area contributed by atoms with Crippen LogP contribution in [0.25, 0.3) is 0 Å².